The average Bonchev–Trinajstić information content (AvgIpc) is 3.39. The van der Waals surface area contributed by atoms with Gasteiger partial charge >= 0.3 is 5.97 Å². The molecular weight excluding hydrogens is 381 g/mol. The van der Waals surface area contributed by atoms with Gasteiger partial charge in [0.15, 0.2) is 0 Å². The average molecular weight is 398 g/mol. The van der Waals surface area contributed by atoms with Crippen molar-refractivity contribution >= 4 is 29.2 Å². The topological polar surface area (TPSA) is 53.1 Å². The van der Waals surface area contributed by atoms with Crippen molar-refractivity contribution in [2.75, 3.05) is 0 Å². The Bertz CT molecular complexity index is 1080. The van der Waals surface area contributed by atoms with E-state index in [1.165, 1.54) is 24.0 Å². The largest absolute Gasteiger partial charge is 0.477 e. The van der Waals surface area contributed by atoms with Crippen LogP contribution < -0.4 is 0 Å². The van der Waals surface area contributed by atoms with Crippen LogP contribution in [0, 0.1) is 0 Å². The summed E-state index contributed by atoms with van der Waals surface area (Å²) in [6, 6.07) is 11.8. The first-order chi connectivity index (χ1) is 13.0. The summed E-state index contributed by atoms with van der Waals surface area (Å²) in [5.41, 5.74) is 7.35. The molecule has 3 aromatic rings. The number of carboxylic acid groups (broad SMARTS) is 1. The fraction of sp³-hybridized carbons (Fsp3) is 0.227. The molecule has 1 saturated carbocycles. The third kappa shape index (κ3) is 2.86. The number of rotatable bonds is 3. The molecule has 0 amide bonds. The number of aromatic nitrogens is 1. The highest BCUT2D eigenvalue weighted by Crippen LogP contribution is 2.45. The van der Waals surface area contributed by atoms with E-state index in [0.717, 1.165) is 35.2 Å². The number of benzene rings is 2. The van der Waals surface area contributed by atoms with Gasteiger partial charge in [0.1, 0.15) is 5.69 Å². The summed E-state index contributed by atoms with van der Waals surface area (Å²) < 4.78 is 0. The van der Waals surface area contributed by atoms with E-state index in [0.29, 0.717) is 21.5 Å². The highest BCUT2D eigenvalue weighted by Gasteiger charge is 2.29. The van der Waals surface area contributed by atoms with Gasteiger partial charge in [0.2, 0.25) is 0 Å². The number of nitrogens with one attached hydrogen (secondary N) is 1. The van der Waals surface area contributed by atoms with Crippen molar-refractivity contribution in [3.8, 4) is 22.4 Å². The summed E-state index contributed by atoms with van der Waals surface area (Å²) in [5.74, 6) is -0.272. The van der Waals surface area contributed by atoms with Crippen LogP contribution in [0.5, 0.6) is 0 Å². The number of aromatic amines is 1. The van der Waals surface area contributed by atoms with Crippen LogP contribution in [0.15, 0.2) is 36.4 Å². The predicted octanol–water partition coefficient (Wildman–Crippen LogP) is 6.33. The van der Waals surface area contributed by atoms with Crippen LogP contribution in [0.1, 0.15) is 45.9 Å². The van der Waals surface area contributed by atoms with Crippen LogP contribution in [0.2, 0.25) is 10.0 Å². The van der Waals surface area contributed by atoms with Crippen molar-refractivity contribution in [1.29, 1.82) is 0 Å². The lowest BCUT2D eigenvalue weighted by Gasteiger charge is -2.19. The minimum Gasteiger partial charge on any atom is -0.477 e. The Hall–Kier alpha value is -2.23. The van der Waals surface area contributed by atoms with Crippen molar-refractivity contribution < 1.29 is 9.90 Å². The van der Waals surface area contributed by atoms with E-state index >= 15 is 0 Å². The number of hydrogen-bond acceptors (Lipinski definition) is 1. The van der Waals surface area contributed by atoms with Crippen molar-refractivity contribution in [1.82, 2.24) is 4.98 Å². The zero-order valence-corrected chi connectivity index (χ0v) is 16.0. The van der Waals surface area contributed by atoms with Gasteiger partial charge in [-0.05, 0) is 72.1 Å². The first kappa shape index (κ1) is 16.9. The van der Waals surface area contributed by atoms with Crippen molar-refractivity contribution in [3.05, 3.63) is 68.8 Å². The fourth-order valence-corrected chi connectivity index (χ4v) is 4.72. The zero-order chi connectivity index (χ0) is 18.7. The number of halogens is 2. The Labute approximate surface area is 166 Å². The molecule has 0 aliphatic heterocycles. The lowest BCUT2D eigenvalue weighted by atomic mass is 9.85. The van der Waals surface area contributed by atoms with Gasteiger partial charge in [-0.1, -0.05) is 41.4 Å². The molecule has 1 fully saturated rings. The number of aryl methyl sites for hydroxylation is 1. The van der Waals surface area contributed by atoms with Gasteiger partial charge in [-0.25, -0.2) is 4.79 Å². The summed E-state index contributed by atoms with van der Waals surface area (Å²) >= 11 is 12.3. The molecule has 0 bridgehead atoms. The summed E-state index contributed by atoms with van der Waals surface area (Å²) in [4.78, 5) is 15.1. The number of carbonyl (C=O) groups is 1. The van der Waals surface area contributed by atoms with Gasteiger partial charge < -0.3 is 10.1 Å². The minimum absolute atomic E-state index is 0.192. The van der Waals surface area contributed by atoms with Crippen LogP contribution in [-0.4, -0.2) is 16.1 Å². The maximum Gasteiger partial charge on any atom is 0.352 e. The minimum atomic E-state index is -0.980. The lowest BCUT2D eigenvalue weighted by Crippen LogP contribution is -2.04. The third-order valence-electron chi connectivity index (χ3n) is 5.56. The van der Waals surface area contributed by atoms with E-state index in [2.05, 4.69) is 23.2 Å². The maximum absolute atomic E-state index is 11.9. The predicted molar refractivity (Wildman–Crippen MR) is 108 cm³/mol. The fourth-order valence-electron chi connectivity index (χ4n) is 4.19. The molecular formula is C22H17Cl2NO2. The summed E-state index contributed by atoms with van der Waals surface area (Å²) in [7, 11) is 0. The second-order valence-electron chi connectivity index (χ2n) is 7.38. The van der Waals surface area contributed by atoms with E-state index in [1.54, 1.807) is 18.2 Å². The van der Waals surface area contributed by atoms with Crippen molar-refractivity contribution in [3.63, 3.8) is 0 Å². The van der Waals surface area contributed by atoms with E-state index in [1.807, 2.05) is 0 Å². The van der Waals surface area contributed by atoms with Crippen LogP contribution in [0.3, 0.4) is 0 Å². The Balaban J connectivity index is 1.71. The van der Waals surface area contributed by atoms with Crippen molar-refractivity contribution in [2.45, 2.75) is 31.6 Å². The molecule has 0 radical (unpaired) electrons. The van der Waals surface area contributed by atoms with E-state index < -0.39 is 5.97 Å². The first-order valence-electron chi connectivity index (χ1n) is 9.09. The monoisotopic (exact) mass is 397 g/mol. The molecule has 1 heterocycles. The molecule has 3 nitrogen and oxygen atoms in total. The standard InChI is InChI=1S/C22H17Cl2NO2/c23-15-8-14(9-16(24)10-15)19-18-6-4-13-7-12(11-1-2-11)3-5-17(13)20(18)25-21(19)22(26)27/h3,5,7-11,25H,1-2,4,6H2,(H,26,27). The van der Waals surface area contributed by atoms with Crippen LogP contribution >= 0.6 is 23.2 Å². The van der Waals surface area contributed by atoms with Gasteiger partial charge in [0.25, 0.3) is 0 Å². The number of carboxylic acids is 1. The second kappa shape index (κ2) is 6.15. The molecule has 136 valence electrons. The number of hydrogen-bond donors (Lipinski definition) is 2. The van der Waals surface area contributed by atoms with Crippen molar-refractivity contribution in [2.24, 2.45) is 0 Å². The van der Waals surface area contributed by atoms with E-state index in [4.69, 9.17) is 23.2 Å². The molecule has 2 aromatic carbocycles. The van der Waals surface area contributed by atoms with Gasteiger partial charge in [-0.15, -0.1) is 0 Å². The zero-order valence-electron chi connectivity index (χ0n) is 14.5. The SMILES string of the molecule is O=C(O)c1[nH]c2c(c1-c1cc(Cl)cc(Cl)c1)CCc1cc(C3CC3)ccc1-2. The van der Waals surface area contributed by atoms with E-state index in [-0.39, 0.29) is 5.69 Å². The Morgan fingerprint density at radius 1 is 1.04 bits per heavy atom. The van der Waals surface area contributed by atoms with Gasteiger partial charge in [0, 0.05) is 21.2 Å². The van der Waals surface area contributed by atoms with Gasteiger partial charge in [0.05, 0.1) is 5.69 Å². The number of aromatic carboxylic acids is 1. The Morgan fingerprint density at radius 2 is 1.78 bits per heavy atom. The molecule has 1 aromatic heterocycles. The summed E-state index contributed by atoms with van der Waals surface area (Å²) in [6.07, 6.45) is 4.24. The molecule has 0 atom stereocenters. The molecule has 0 saturated heterocycles. The maximum atomic E-state index is 11.9. The molecule has 2 aliphatic carbocycles. The summed E-state index contributed by atoms with van der Waals surface area (Å²) in [6.45, 7) is 0. The third-order valence-corrected chi connectivity index (χ3v) is 6.00. The van der Waals surface area contributed by atoms with Gasteiger partial charge in [-0.2, -0.15) is 0 Å². The quantitative estimate of drug-likeness (QED) is 0.542. The van der Waals surface area contributed by atoms with Crippen LogP contribution in [0.25, 0.3) is 22.4 Å². The molecule has 27 heavy (non-hydrogen) atoms. The molecule has 2 aliphatic rings. The molecule has 5 rings (SSSR count). The smallest absolute Gasteiger partial charge is 0.352 e. The molecule has 0 spiro atoms. The number of H-pyrrole nitrogens is 1. The molecule has 2 N–H and O–H groups in total. The summed E-state index contributed by atoms with van der Waals surface area (Å²) in [5, 5.41) is 10.8. The highest BCUT2D eigenvalue weighted by molar-refractivity contribution is 6.35. The van der Waals surface area contributed by atoms with Crippen LogP contribution in [-0.2, 0) is 12.8 Å². The second-order valence-corrected chi connectivity index (χ2v) is 8.26. The Morgan fingerprint density at radius 3 is 2.44 bits per heavy atom. The van der Waals surface area contributed by atoms with E-state index in [9.17, 15) is 9.90 Å². The molecule has 0 unspecified atom stereocenters. The molecule has 5 heteroatoms. The normalized spacial score (nSPS) is 15.3. The highest BCUT2D eigenvalue weighted by atomic mass is 35.5. The first-order valence-corrected chi connectivity index (χ1v) is 9.84. The lowest BCUT2D eigenvalue weighted by molar-refractivity contribution is 0.0692. The number of fused-ring (bicyclic) bond motifs is 3. The Kier molecular flexibility index (Phi) is 3.85. The van der Waals surface area contributed by atoms with Crippen LogP contribution in [0.4, 0.5) is 0 Å². The van der Waals surface area contributed by atoms with Gasteiger partial charge in [-0.3, -0.25) is 0 Å².